The standard InChI is InChI=1S/C23H31N5O2/c1-14(2)28-20(15-5-7-27(8-6-15)17-12-30-13-17)10-19(26-28)16-9-18-21(24-11-16)25-22(29)23(18,3)4/h9-11,14-15,17H,5-8,12-13H2,1-4H3,(H,24,25,29). The zero-order valence-electron chi connectivity index (χ0n) is 18.3. The number of carbonyl (C=O) groups is 1. The third kappa shape index (κ3) is 3.15. The minimum atomic E-state index is -0.570. The minimum Gasteiger partial charge on any atom is -0.378 e. The number of nitrogens with one attached hydrogen (secondary N) is 1. The van der Waals surface area contributed by atoms with Gasteiger partial charge in [-0.3, -0.25) is 14.4 Å². The molecule has 2 fully saturated rings. The van der Waals surface area contributed by atoms with Crippen molar-refractivity contribution in [1.29, 1.82) is 0 Å². The van der Waals surface area contributed by atoms with E-state index in [1.165, 1.54) is 5.69 Å². The van der Waals surface area contributed by atoms with Crippen molar-refractivity contribution in [3.63, 3.8) is 0 Å². The van der Waals surface area contributed by atoms with Crippen molar-refractivity contribution in [2.75, 3.05) is 31.6 Å². The van der Waals surface area contributed by atoms with Crippen LogP contribution in [-0.2, 0) is 14.9 Å². The van der Waals surface area contributed by atoms with Gasteiger partial charge in [-0.05, 0) is 65.8 Å². The zero-order valence-corrected chi connectivity index (χ0v) is 18.3. The van der Waals surface area contributed by atoms with Crippen LogP contribution in [0.15, 0.2) is 18.3 Å². The van der Waals surface area contributed by atoms with Crippen LogP contribution in [0.5, 0.6) is 0 Å². The van der Waals surface area contributed by atoms with Gasteiger partial charge in [-0.2, -0.15) is 5.10 Å². The van der Waals surface area contributed by atoms with Crippen molar-refractivity contribution in [2.45, 2.75) is 64.0 Å². The smallest absolute Gasteiger partial charge is 0.235 e. The van der Waals surface area contributed by atoms with Crippen molar-refractivity contribution >= 4 is 11.7 Å². The van der Waals surface area contributed by atoms with Gasteiger partial charge in [0.1, 0.15) is 5.82 Å². The number of aromatic nitrogens is 3. The Bertz CT molecular complexity index is 968. The molecule has 3 aliphatic rings. The van der Waals surface area contributed by atoms with Crippen LogP contribution >= 0.6 is 0 Å². The largest absolute Gasteiger partial charge is 0.378 e. The lowest BCUT2D eigenvalue weighted by molar-refractivity contribution is -0.119. The number of rotatable bonds is 4. The molecule has 0 aromatic carbocycles. The highest BCUT2D eigenvalue weighted by Crippen LogP contribution is 2.39. The van der Waals surface area contributed by atoms with E-state index in [9.17, 15) is 4.79 Å². The summed E-state index contributed by atoms with van der Waals surface area (Å²) in [7, 11) is 0. The maximum atomic E-state index is 12.3. The van der Waals surface area contributed by atoms with Gasteiger partial charge in [-0.25, -0.2) is 4.98 Å². The van der Waals surface area contributed by atoms with E-state index < -0.39 is 5.41 Å². The Morgan fingerprint density at radius 2 is 1.93 bits per heavy atom. The number of fused-ring (bicyclic) bond motifs is 1. The van der Waals surface area contributed by atoms with Gasteiger partial charge in [-0.1, -0.05) is 0 Å². The first kappa shape index (κ1) is 19.7. The van der Waals surface area contributed by atoms with Gasteiger partial charge in [-0.15, -0.1) is 0 Å². The van der Waals surface area contributed by atoms with E-state index in [0.29, 0.717) is 23.8 Å². The Balaban J connectivity index is 1.43. The van der Waals surface area contributed by atoms with Crippen LogP contribution < -0.4 is 5.32 Å². The number of ether oxygens (including phenoxy) is 1. The molecule has 5 rings (SSSR count). The molecule has 3 aliphatic heterocycles. The van der Waals surface area contributed by atoms with Crippen molar-refractivity contribution < 1.29 is 9.53 Å². The average molecular weight is 410 g/mol. The molecular weight excluding hydrogens is 378 g/mol. The second-order valence-electron chi connectivity index (χ2n) is 9.69. The number of amides is 1. The van der Waals surface area contributed by atoms with Gasteiger partial charge in [0.25, 0.3) is 0 Å². The number of carbonyl (C=O) groups excluding carboxylic acids is 1. The molecule has 0 spiro atoms. The SMILES string of the molecule is CC(C)n1nc(-c2cnc3c(c2)C(C)(C)C(=O)N3)cc1C1CCN(C2COC2)CC1. The second kappa shape index (κ2) is 7.17. The molecule has 7 nitrogen and oxygen atoms in total. The van der Waals surface area contributed by atoms with Crippen LogP contribution in [0.4, 0.5) is 5.82 Å². The van der Waals surface area contributed by atoms with Crippen LogP contribution in [0.25, 0.3) is 11.3 Å². The summed E-state index contributed by atoms with van der Waals surface area (Å²) < 4.78 is 7.55. The topological polar surface area (TPSA) is 72.3 Å². The molecule has 0 atom stereocenters. The fraction of sp³-hybridized carbons (Fsp3) is 0.609. The summed E-state index contributed by atoms with van der Waals surface area (Å²) in [5, 5.41) is 7.85. The quantitative estimate of drug-likeness (QED) is 0.839. The maximum absolute atomic E-state index is 12.3. The van der Waals surface area contributed by atoms with E-state index in [2.05, 4.69) is 45.9 Å². The van der Waals surface area contributed by atoms with Crippen molar-refractivity contribution in [3.05, 3.63) is 29.6 Å². The molecule has 1 N–H and O–H groups in total. The molecule has 30 heavy (non-hydrogen) atoms. The first-order valence-electron chi connectivity index (χ1n) is 11.1. The van der Waals surface area contributed by atoms with E-state index in [1.54, 1.807) is 0 Å². The molecular formula is C23H31N5O2. The third-order valence-electron chi connectivity index (χ3n) is 6.99. The van der Waals surface area contributed by atoms with Crippen LogP contribution in [-0.4, -0.2) is 57.9 Å². The fourth-order valence-corrected chi connectivity index (χ4v) is 4.83. The minimum absolute atomic E-state index is 0.000767. The molecule has 2 aromatic rings. The molecule has 0 radical (unpaired) electrons. The summed E-state index contributed by atoms with van der Waals surface area (Å²) in [6.45, 7) is 12.3. The Hall–Kier alpha value is -2.25. The van der Waals surface area contributed by atoms with Crippen LogP contribution in [0.3, 0.4) is 0 Å². The molecule has 2 aromatic heterocycles. The highest BCUT2D eigenvalue weighted by atomic mass is 16.5. The normalized spacial score (nSPS) is 22.2. The summed E-state index contributed by atoms with van der Waals surface area (Å²) in [4.78, 5) is 19.4. The number of anilines is 1. The molecule has 0 unspecified atom stereocenters. The summed E-state index contributed by atoms with van der Waals surface area (Å²) in [5.74, 6) is 1.19. The van der Waals surface area contributed by atoms with Crippen LogP contribution in [0, 0.1) is 0 Å². The molecule has 7 heteroatoms. The Morgan fingerprint density at radius 3 is 2.57 bits per heavy atom. The van der Waals surface area contributed by atoms with E-state index in [1.807, 2.05) is 20.0 Å². The number of nitrogens with zero attached hydrogens (tertiary/aromatic N) is 4. The van der Waals surface area contributed by atoms with E-state index in [-0.39, 0.29) is 5.91 Å². The van der Waals surface area contributed by atoms with Crippen molar-refractivity contribution in [2.24, 2.45) is 0 Å². The lowest BCUT2D eigenvalue weighted by Gasteiger charge is -2.41. The molecule has 0 saturated carbocycles. The molecule has 0 bridgehead atoms. The number of pyridine rings is 1. The van der Waals surface area contributed by atoms with Gasteiger partial charge in [0.2, 0.25) is 5.91 Å². The van der Waals surface area contributed by atoms with Crippen LogP contribution in [0.2, 0.25) is 0 Å². The summed E-state index contributed by atoms with van der Waals surface area (Å²) in [6, 6.07) is 5.24. The van der Waals surface area contributed by atoms with Gasteiger partial charge in [0.15, 0.2) is 0 Å². The van der Waals surface area contributed by atoms with Crippen LogP contribution in [0.1, 0.15) is 63.8 Å². The Morgan fingerprint density at radius 1 is 1.20 bits per heavy atom. The number of likely N-dealkylation sites (tertiary alicyclic amines) is 1. The van der Waals surface area contributed by atoms with E-state index in [4.69, 9.17) is 9.84 Å². The fourth-order valence-electron chi connectivity index (χ4n) is 4.83. The predicted molar refractivity (Wildman–Crippen MR) is 116 cm³/mol. The summed E-state index contributed by atoms with van der Waals surface area (Å²) in [5.41, 5.74) is 3.61. The molecule has 160 valence electrons. The monoisotopic (exact) mass is 409 g/mol. The maximum Gasteiger partial charge on any atom is 0.235 e. The first-order valence-corrected chi connectivity index (χ1v) is 11.1. The number of hydrogen-bond acceptors (Lipinski definition) is 5. The third-order valence-corrected chi connectivity index (χ3v) is 6.99. The predicted octanol–water partition coefficient (Wildman–Crippen LogP) is 3.33. The second-order valence-corrected chi connectivity index (χ2v) is 9.69. The summed E-state index contributed by atoms with van der Waals surface area (Å²) >= 11 is 0. The highest BCUT2D eigenvalue weighted by molar-refractivity contribution is 6.04. The first-order chi connectivity index (χ1) is 14.3. The van der Waals surface area contributed by atoms with Crippen molar-refractivity contribution in [3.8, 4) is 11.3 Å². The lowest BCUT2D eigenvalue weighted by Crippen LogP contribution is -2.51. The van der Waals surface area contributed by atoms with E-state index in [0.717, 1.165) is 56.0 Å². The molecule has 1 amide bonds. The molecule has 2 saturated heterocycles. The van der Waals surface area contributed by atoms with Crippen molar-refractivity contribution in [1.82, 2.24) is 19.7 Å². The lowest BCUT2D eigenvalue weighted by atomic mass is 9.86. The average Bonchev–Trinajstić information content (AvgIpc) is 3.21. The highest BCUT2D eigenvalue weighted by Gasteiger charge is 2.39. The van der Waals surface area contributed by atoms with Gasteiger partial charge >= 0.3 is 0 Å². The molecule has 5 heterocycles. The van der Waals surface area contributed by atoms with Gasteiger partial charge in [0, 0.05) is 35.0 Å². The van der Waals surface area contributed by atoms with Gasteiger partial charge in [0.05, 0.1) is 30.4 Å². The van der Waals surface area contributed by atoms with Gasteiger partial charge < -0.3 is 10.1 Å². The Labute approximate surface area is 177 Å². The summed E-state index contributed by atoms with van der Waals surface area (Å²) in [6.07, 6.45) is 4.14. The zero-order chi connectivity index (χ0) is 21.0. The number of piperidine rings is 1. The number of hydrogen-bond donors (Lipinski definition) is 1. The molecule has 0 aliphatic carbocycles. The van der Waals surface area contributed by atoms with E-state index >= 15 is 0 Å². The Kier molecular flexibility index (Phi) is 4.71.